The molecule has 0 unspecified atom stereocenters. The number of ether oxygens (including phenoxy) is 2. The van der Waals surface area contributed by atoms with E-state index in [9.17, 15) is 19.3 Å². The molecule has 24 heavy (non-hydrogen) atoms. The van der Waals surface area contributed by atoms with E-state index in [2.05, 4.69) is 9.51 Å². The number of phosphoric acid groups is 1. The van der Waals surface area contributed by atoms with Gasteiger partial charge in [-0.1, -0.05) is 0 Å². The number of amides is 1. The molecule has 0 spiro atoms. The zero-order valence-corrected chi connectivity index (χ0v) is 14.9. The third-order valence-corrected chi connectivity index (χ3v) is 5.45. The fraction of sp³-hybridized carbons (Fsp3) is 0.545. The van der Waals surface area contributed by atoms with E-state index in [0.29, 0.717) is 4.57 Å². The van der Waals surface area contributed by atoms with Crippen LogP contribution in [0.1, 0.15) is 28.1 Å². The zero-order valence-electron chi connectivity index (χ0n) is 12.3. The summed E-state index contributed by atoms with van der Waals surface area (Å²) in [5, 5.41) is 10.3. The average molecular weight is 429 g/mol. The van der Waals surface area contributed by atoms with Crippen molar-refractivity contribution in [1.29, 1.82) is 0 Å². The number of hydrogen-bond acceptors (Lipinski definition) is 8. The van der Waals surface area contributed by atoms with E-state index in [-0.39, 0.29) is 5.69 Å². The number of carbonyl (C=O) groups is 2. The molecular weight excluding hydrogens is 414 g/mol. The molecule has 0 radical (unpaired) electrons. The molecule has 0 saturated carbocycles. The van der Waals surface area contributed by atoms with E-state index in [1.807, 2.05) is 0 Å². The Morgan fingerprint density at radius 3 is 2.67 bits per heavy atom. The van der Waals surface area contributed by atoms with Gasteiger partial charge in [0.05, 0.1) is 0 Å². The van der Waals surface area contributed by atoms with Crippen molar-refractivity contribution in [3.05, 3.63) is 15.2 Å². The predicted octanol–water partition coefficient (Wildman–Crippen LogP) is -1.92. The molecule has 2 heterocycles. The Morgan fingerprint density at radius 1 is 1.50 bits per heavy atom. The summed E-state index contributed by atoms with van der Waals surface area (Å²) in [6.45, 7) is 0.511. The summed E-state index contributed by atoms with van der Waals surface area (Å²) in [5.74, 6) is -1.43. The van der Waals surface area contributed by atoms with Crippen molar-refractivity contribution >= 4 is 34.2 Å². The van der Waals surface area contributed by atoms with Gasteiger partial charge >= 0.3 is 141 Å². The van der Waals surface area contributed by atoms with E-state index in [4.69, 9.17) is 25.0 Å². The van der Waals surface area contributed by atoms with Crippen molar-refractivity contribution < 1.29 is 43.0 Å². The number of aromatic nitrogens is 1. The standard InChI is InChI=1S/C11H15N2O9PSe/c1-4(14)21-8-6(2-20-23(17,18)19)22-9(7(8)15)11-13-5(3-24-11)10(12)16/h3,6-9,15H,2H2,1H3,(H2,12,16)(H2,17,18,19)/t6-,7-,8-,9-/m1/s1. The van der Waals surface area contributed by atoms with Gasteiger partial charge in [0.1, 0.15) is 0 Å². The minimum atomic E-state index is -4.77. The number of hydrogen-bond donors (Lipinski definition) is 4. The van der Waals surface area contributed by atoms with Gasteiger partial charge < -0.3 is 0 Å². The molecule has 1 aliphatic rings. The van der Waals surface area contributed by atoms with Crippen molar-refractivity contribution in [2.45, 2.75) is 31.3 Å². The summed E-state index contributed by atoms with van der Waals surface area (Å²) in [6, 6.07) is 0. The van der Waals surface area contributed by atoms with Gasteiger partial charge in [-0.3, -0.25) is 0 Å². The second kappa shape index (κ2) is 7.42. The first kappa shape index (κ1) is 19.2. The van der Waals surface area contributed by atoms with Crippen LogP contribution in [0, 0.1) is 0 Å². The first-order chi connectivity index (χ1) is 11.1. The molecule has 4 atom stereocenters. The molecule has 0 aromatic carbocycles. The van der Waals surface area contributed by atoms with Crippen LogP contribution in [0.4, 0.5) is 0 Å². The summed E-state index contributed by atoms with van der Waals surface area (Å²) < 4.78 is 26.0. The molecule has 13 heteroatoms. The Labute approximate surface area is 141 Å². The van der Waals surface area contributed by atoms with Crippen molar-refractivity contribution in [3.8, 4) is 0 Å². The van der Waals surface area contributed by atoms with E-state index < -0.39 is 65.2 Å². The van der Waals surface area contributed by atoms with Gasteiger partial charge in [0.25, 0.3) is 0 Å². The second-order valence-corrected chi connectivity index (χ2v) is 7.99. The van der Waals surface area contributed by atoms with E-state index in [1.165, 1.54) is 4.94 Å². The Bertz CT molecular complexity index is 674. The number of nitrogens with zero attached hydrogens (tertiary/aromatic N) is 1. The number of nitrogens with two attached hydrogens (primary N) is 1. The molecule has 11 nitrogen and oxygen atoms in total. The minimum absolute atomic E-state index is 0.0414. The monoisotopic (exact) mass is 430 g/mol. The molecule has 1 aromatic heterocycles. The molecule has 134 valence electrons. The molecule has 5 N–H and O–H groups in total. The van der Waals surface area contributed by atoms with Crippen molar-refractivity contribution in [3.63, 3.8) is 0 Å². The Morgan fingerprint density at radius 2 is 2.17 bits per heavy atom. The fourth-order valence-corrected chi connectivity index (χ4v) is 4.31. The maximum absolute atomic E-state index is 11.2. The Kier molecular flexibility index (Phi) is 5.95. The summed E-state index contributed by atoms with van der Waals surface area (Å²) in [5.41, 5.74) is 5.17. The molecule has 1 saturated heterocycles. The number of aliphatic hydroxyl groups is 1. The molecule has 0 aliphatic carbocycles. The van der Waals surface area contributed by atoms with Crippen LogP contribution in [0.5, 0.6) is 0 Å². The summed E-state index contributed by atoms with van der Waals surface area (Å²) >= 11 is -0.407. The quantitative estimate of drug-likeness (QED) is 0.226. The van der Waals surface area contributed by atoms with Crippen LogP contribution in [-0.2, 0) is 23.4 Å². The normalized spacial score (nSPS) is 27.2. The average Bonchev–Trinajstić information content (AvgIpc) is 3.02. The summed E-state index contributed by atoms with van der Waals surface area (Å²) in [7, 11) is -4.77. The summed E-state index contributed by atoms with van der Waals surface area (Å²) in [6.07, 6.45) is -4.65. The number of phosphoric ester groups is 1. The van der Waals surface area contributed by atoms with Gasteiger partial charge in [0.15, 0.2) is 0 Å². The number of rotatable bonds is 6. The third kappa shape index (κ3) is 4.71. The van der Waals surface area contributed by atoms with Gasteiger partial charge in [-0.05, 0) is 0 Å². The fourth-order valence-electron chi connectivity index (χ4n) is 2.12. The topological polar surface area (TPSA) is 178 Å². The van der Waals surface area contributed by atoms with Gasteiger partial charge in [0, 0.05) is 0 Å². The number of aliphatic hydroxyl groups excluding tert-OH is 1. The van der Waals surface area contributed by atoms with Gasteiger partial charge in [-0.25, -0.2) is 0 Å². The SMILES string of the molecule is CC(=O)O[C@H]1[C@@H](O)[C@H](c2nc(C(N)=O)c[se]2)O[C@@H]1COP(=O)(O)O. The van der Waals surface area contributed by atoms with Gasteiger partial charge in [-0.15, -0.1) is 0 Å². The first-order valence-corrected chi connectivity index (χ1v) is 9.92. The Hall–Kier alpha value is -1.10. The molecule has 0 bridgehead atoms. The Balaban J connectivity index is 2.19. The van der Waals surface area contributed by atoms with E-state index in [0.717, 1.165) is 6.92 Å². The molecule has 2 rings (SSSR count). The van der Waals surface area contributed by atoms with Crippen LogP contribution in [-0.4, -0.2) is 71.2 Å². The molecule has 1 aromatic rings. The third-order valence-electron chi connectivity index (χ3n) is 3.06. The van der Waals surface area contributed by atoms with Crippen LogP contribution < -0.4 is 5.73 Å². The van der Waals surface area contributed by atoms with Crippen LogP contribution in [0.15, 0.2) is 4.94 Å². The van der Waals surface area contributed by atoms with E-state index >= 15 is 0 Å². The van der Waals surface area contributed by atoms with Crippen molar-refractivity contribution in [2.24, 2.45) is 5.73 Å². The number of esters is 1. The van der Waals surface area contributed by atoms with Crippen LogP contribution in [0.3, 0.4) is 0 Å². The number of carbonyl (C=O) groups excluding carboxylic acids is 2. The molecule has 1 aliphatic heterocycles. The predicted molar refractivity (Wildman–Crippen MR) is 76.9 cm³/mol. The zero-order chi connectivity index (χ0) is 18.1. The van der Waals surface area contributed by atoms with E-state index in [1.54, 1.807) is 0 Å². The van der Waals surface area contributed by atoms with Crippen LogP contribution in [0.25, 0.3) is 0 Å². The second-order valence-electron chi connectivity index (χ2n) is 4.88. The molecule has 1 fully saturated rings. The van der Waals surface area contributed by atoms with Gasteiger partial charge in [0.2, 0.25) is 0 Å². The molecular formula is C11H15N2O9PSe. The first-order valence-electron chi connectivity index (χ1n) is 6.54. The van der Waals surface area contributed by atoms with Gasteiger partial charge in [-0.2, -0.15) is 0 Å². The molecule has 1 amide bonds. The van der Waals surface area contributed by atoms with Crippen LogP contribution in [0.2, 0.25) is 0 Å². The summed E-state index contributed by atoms with van der Waals surface area (Å²) in [4.78, 5) is 45.3. The van der Waals surface area contributed by atoms with Crippen molar-refractivity contribution in [1.82, 2.24) is 4.98 Å². The maximum atomic E-state index is 11.2. The number of primary amides is 1. The van der Waals surface area contributed by atoms with Crippen molar-refractivity contribution in [2.75, 3.05) is 6.61 Å². The van der Waals surface area contributed by atoms with Crippen LogP contribution >= 0.6 is 7.82 Å².